The van der Waals surface area contributed by atoms with Crippen LogP contribution in [-0.2, 0) is 24.0 Å². The van der Waals surface area contributed by atoms with Crippen molar-refractivity contribution in [3.05, 3.63) is 39.9 Å². The third kappa shape index (κ3) is 9.87. The molecule has 0 aliphatic heterocycles. The van der Waals surface area contributed by atoms with Gasteiger partial charge in [-0.25, -0.2) is 4.79 Å². The summed E-state index contributed by atoms with van der Waals surface area (Å²) in [7, 11) is 0. The summed E-state index contributed by atoms with van der Waals surface area (Å²) in [4.78, 5) is 61.4. The zero-order chi connectivity index (χ0) is 22.5. The molecule has 1 aromatic carbocycles. The number of hydrogen-bond donors (Lipinski definition) is 1. The van der Waals surface area contributed by atoms with Gasteiger partial charge in [-0.15, -0.1) is 10.1 Å². The van der Waals surface area contributed by atoms with E-state index in [1.807, 2.05) is 0 Å². The standard InChI is InChI=1S/C18H22N2O9S/c1-12(21)19-15(17(23)27-9-5-6-10-28-20(25)26)11-30-18(24)14-7-3-4-8-16(14)29-13(2)22/h3-4,7-8,15H,5-6,9-11H2,1-2H3,(H,19,21). The number of rotatable bonds is 12. The second-order valence-corrected chi connectivity index (χ2v) is 6.87. The molecule has 1 rings (SSSR count). The van der Waals surface area contributed by atoms with Crippen molar-refractivity contribution in [2.24, 2.45) is 0 Å². The topological polar surface area (TPSA) is 151 Å². The second-order valence-electron chi connectivity index (χ2n) is 5.87. The van der Waals surface area contributed by atoms with Gasteiger partial charge in [-0.3, -0.25) is 14.4 Å². The number of nitrogens with one attached hydrogen (secondary N) is 1. The minimum absolute atomic E-state index is 0.0239. The first-order chi connectivity index (χ1) is 14.2. The molecule has 30 heavy (non-hydrogen) atoms. The molecule has 0 radical (unpaired) electrons. The fourth-order valence-electron chi connectivity index (χ4n) is 2.15. The van der Waals surface area contributed by atoms with Crippen LogP contribution in [0, 0.1) is 10.1 Å². The van der Waals surface area contributed by atoms with Crippen LogP contribution in [0.15, 0.2) is 24.3 Å². The van der Waals surface area contributed by atoms with Crippen LogP contribution in [0.3, 0.4) is 0 Å². The lowest BCUT2D eigenvalue weighted by Gasteiger charge is -2.16. The number of amides is 1. The number of thioether (sulfide) groups is 1. The van der Waals surface area contributed by atoms with Crippen LogP contribution < -0.4 is 10.1 Å². The largest absolute Gasteiger partial charge is 0.464 e. The van der Waals surface area contributed by atoms with E-state index in [1.54, 1.807) is 12.1 Å². The number of para-hydroxylation sites is 1. The van der Waals surface area contributed by atoms with Crippen molar-refractivity contribution in [2.75, 3.05) is 19.0 Å². The Kier molecular flexibility index (Phi) is 10.9. The molecule has 11 nitrogen and oxygen atoms in total. The van der Waals surface area contributed by atoms with Crippen LogP contribution in [0.2, 0.25) is 0 Å². The second kappa shape index (κ2) is 13.1. The number of hydrogen-bond acceptors (Lipinski definition) is 10. The van der Waals surface area contributed by atoms with Gasteiger partial charge in [0.25, 0.3) is 5.09 Å². The highest BCUT2D eigenvalue weighted by Gasteiger charge is 2.24. The maximum Gasteiger partial charge on any atom is 0.329 e. The molecule has 164 valence electrons. The molecule has 1 amide bonds. The third-order valence-corrected chi connectivity index (χ3v) is 4.37. The Morgan fingerprint density at radius 1 is 1.13 bits per heavy atom. The Bertz CT molecular complexity index is 785. The van der Waals surface area contributed by atoms with E-state index in [9.17, 15) is 29.3 Å². The van der Waals surface area contributed by atoms with Gasteiger partial charge >= 0.3 is 11.9 Å². The zero-order valence-corrected chi connectivity index (χ0v) is 17.3. The minimum atomic E-state index is -1.08. The molecule has 0 aliphatic carbocycles. The van der Waals surface area contributed by atoms with Crippen LogP contribution in [-0.4, -0.2) is 53.1 Å². The SMILES string of the molecule is CC(=O)NC(CSC(=O)c1ccccc1OC(C)=O)C(=O)OCCCCO[N+](=O)[O-]. The first-order valence-electron chi connectivity index (χ1n) is 8.86. The number of carbonyl (C=O) groups excluding carboxylic acids is 4. The van der Waals surface area contributed by atoms with E-state index in [4.69, 9.17) is 9.47 Å². The lowest BCUT2D eigenvalue weighted by atomic mass is 10.2. The third-order valence-electron chi connectivity index (χ3n) is 3.38. The number of ether oxygens (including phenoxy) is 2. The van der Waals surface area contributed by atoms with E-state index >= 15 is 0 Å². The predicted molar refractivity (Wildman–Crippen MR) is 105 cm³/mol. The molecule has 1 atom stereocenters. The smallest absolute Gasteiger partial charge is 0.329 e. The normalized spacial score (nSPS) is 11.1. The van der Waals surface area contributed by atoms with Gasteiger partial charge in [0.1, 0.15) is 11.8 Å². The minimum Gasteiger partial charge on any atom is -0.464 e. The molecule has 0 saturated heterocycles. The van der Waals surface area contributed by atoms with Crippen molar-refractivity contribution in [3.8, 4) is 5.75 Å². The van der Waals surface area contributed by atoms with Crippen LogP contribution in [0.5, 0.6) is 5.75 Å². The molecular formula is C18H22N2O9S. The lowest BCUT2D eigenvalue weighted by molar-refractivity contribution is -0.757. The van der Waals surface area contributed by atoms with E-state index in [0.29, 0.717) is 12.8 Å². The molecule has 0 bridgehead atoms. The summed E-state index contributed by atoms with van der Waals surface area (Å²) in [6.07, 6.45) is 0.632. The molecule has 0 aliphatic rings. The number of carbonyl (C=O) groups is 4. The maximum absolute atomic E-state index is 12.5. The fraction of sp³-hybridized carbons (Fsp3) is 0.444. The molecule has 0 heterocycles. The van der Waals surface area contributed by atoms with E-state index in [1.165, 1.54) is 26.0 Å². The quantitative estimate of drug-likeness (QED) is 0.166. The number of esters is 2. The van der Waals surface area contributed by atoms with Crippen molar-refractivity contribution in [2.45, 2.75) is 32.7 Å². The van der Waals surface area contributed by atoms with E-state index in [2.05, 4.69) is 10.2 Å². The van der Waals surface area contributed by atoms with Crippen molar-refractivity contribution in [1.29, 1.82) is 0 Å². The maximum atomic E-state index is 12.5. The summed E-state index contributed by atoms with van der Waals surface area (Å²) in [5, 5.41) is 11.1. The zero-order valence-electron chi connectivity index (χ0n) is 16.5. The highest BCUT2D eigenvalue weighted by molar-refractivity contribution is 8.14. The Labute approximate surface area is 176 Å². The summed E-state index contributed by atoms with van der Waals surface area (Å²) < 4.78 is 10.1. The Hall–Kier alpha value is -3.15. The first kappa shape index (κ1) is 24.9. The monoisotopic (exact) mass is 442 g/mol. The molecular weight excluding hydrogens is 420 g/mol. The highest BCUT2D eigenvalue weighted by atomic mass is 32.2. The Morgan fingerprint density at radius 2 is 1.80 bits per heavy atom. The van der Waals surface area contributed by atoms with Gasteiger partial charge in [-0.1, -0.05) is 23.9 Å². The van der Waals surface area contributed by atoms with E-state index < -0.39 is 34.1 Å². The lowest BCUT2D eigenvalue weighted by Crippen LogP contribution is -2.43. The summed E-state index contributed by atoms with van der Waals surface area (Å²) in [6.45, 7) is 2.29. The predicted octanol–water partition coefficient (Wildman–Crippen LogP) is 1.52. The van der Waals surface area contributed by atoms with Gasteiger partial charge < -0.3 is 19.6 Å². The van der Waals surface area contributed by atoms with Crippen LogP contribution in [0.1, 0.15) is 37.0 Å². The summed E-state index contributed by atoms with van der Waals surface area (Å²) in [5.41, 5.74) is 0.151. The molecule has 0 saturated carbocycles. The number of nitrogens with zero attached hydrogens (tertiary/aromatic N) is 1. The molecule has 12 heteroatoms. The highest BCUT2D eigenvalue weighted by Crippen LogP contribution is 2.24. The summed E-state index contributed by atoms with van der Waals surface area (Å²) in [6, 6.07) is 5.08. The van der Waals surface area contributed by atoms with Gasteiger partial charge in [-0.05, 0) is 25.0 Å². The summed E-state index contributed by atoms with van der Waals surface area (Å²) in [5.74, 6) is -1.81. The molecule has 0 spiro atoms. The Morgan fingerprint density at radius 3 is 2.43 bits per heavy atom. The fourth-order valence-corrected chi connectivity index (χ4v) is 3.01. The molecule has 0 aromatic heterocycles. The van der Waals surface area contributed by atoms with Crippen molar-refractivity contribution < 1.29 is 38.6 Å². The Balaban J connectivity index is 2.61. The average Bonchev–Trinajstić information content (AvgIpc) is 2.66. The molecule has 1 aromatic rings. The molecule has 1 unspecified atom stereocenters. The average molecular weight is 442 g/mol. The van der Waals surface area contributed by atoms with E-state index in [0.717, 1.165) is 11.8 Å². The van der Waals surface area contributed by atoms with Crippen LogP contribution in [0.4, 0.5) is 0 Å². The van der Waals surface area contributed by atoms with Gasteiger partial charge in [0, 0.05) is 19.6 Å². The van der Waals surface area contributed by atoms with Gasteiger partial charge in [0.05, 0.1) is 18.8 Å². The number of benzene rings is 1. The molecule has 1 N–H and O–H groups in total. The van der Waals surface area contributed by atoms with Gasteiger partial charge in [0.15, 0.2) is 0 Å². The molecule has 0 fully saturated rings. The van der Waals surface area contributed by atoms with Crippen molar-refractivity contribution >= 4 is 34.7 Å². The van der Waals surface area contributed by atoms with Crippen molar-refractivity contribution in [3.63, 3.8) is 0 Å². The van der Waals surface area contributed by atoms with Gasteiger partial charge in [-0.2, -0.15) is 0 Å². The van der Waals surface area contributed by atoms with Crippen LogP contribution >= 0.6 is 11.8 Å². The summed E-state index contributed by atoms with van der Waals surface area (Å²) >= 11 is 0.759. The first-order valence-corrected chi connectivity index (χ1v) is 9.85. The van der Waals surface area contributed by atoms with E-state index in [-0.39, 0.29) is 30.3 Å². The number of unbranched alkanes of at least 4 members (excludes halogenated alkanes) is 1. The van der Waals surface area contributed by atoms with Gasteiger partial charge in [0.2, 0.25) is 11.0 Å². The van der Waals surface area contributed by atoms with Crippen LogP contribution in [0.25, 0.3) is 0 Å². The van der Waals surface area contributed by atoms with Crippen molar-refractivity contribution in [1.82, 2.24) is 5.32 Å².